The molecular weight excluding hydrogens is 360 g/mol. The average molecular weight is 380 g/mol. The molecule has 8 heteroatoms. The normalized spacial score (nSPS) is 10.5. The van der Waals surface area contributed by atoms with Crippen molar-refractivity contribution in [2.24, 2.45) is 0 Å². The van der Waals surface area contributed by atoms with Crippen LogP contribution in [0.25, 0.3) is 5.69 Å². The van der Waals surface area contributed by atoms with Crippen molar-refractivity contribution in [1.29, 1.82) is 0 Å². The Hall–Kier alpha value is -3.68. The van der Waals surface area contributed by atoms with Crippen LogP contribution in [-0.4, -0.2) is 27.2 Å². The summed E-state index contributed by atoms with van der Waals surface area (Å²) >= 11 is 0. The fourth-order valence-corrected chi connectivity index (χ4v) is 2.75. The highest BCUT2D eigenvalue weighted by molar-refractivity contribution is 5.93. The molecule has 28 heavy (non-hydrogen) atoms. The van der Waals surface area contributed by atoms with Gasteiger partial charge < -0.3 is 10.1 Å². The summed E-state index contributed by atoms with van der Waals surface area (Å²) in [5.74, 6) is 0.0394. The fraction of sp³-hybridized carbons (Fsp3) is 0.200. The number of non-ortho nitro benzene ring substituents is 1. The molecule has 0 bridgehead atoms. The van der Waals surface area contributed by atoms with E-state index in [0.717, 1.165) is 16.9 Å². The van der Waals surface area contributed by atoms with Gasteiger partial charge >= 0.3 is 0 Å². The van der Waals surface area contributed by atoms with Gasteiger partial charge in [-0.1, -0.05) is 17.7 Å². The van der Waals surface area contributed by atoms with Crippen LogP contribution in [0.1, 0.15) is 17.0 Å². The standard InChI is InChI=1S/C20H20N4O4/c1-13-4-6-16(7-5-13)23-15(3)20(14(2)22-23)21-19(25)12-28-18-10-8-17(9-11-18)24(26)27/h4-11H,12H2,1-3H3,(H,21,25). The number of aryl methyl sites for hydroxylation is 2. The highest BCUT2D eigenvalue weighted by Crippen LogP contribution is 2.23. The van der Waals surface area contributed by atoms with Gasteiger partial charge in [0.2, 0.25) is 0 Å². The summed E-state index contributed by atoms with van der Waals surface area (Å²) in [7, 11) is 0. The van der Waals surface area contributed by atoms with Crippen molar-refractivity contribution >= 4 is 17.3 Å². The van der Waals surface area contributed by atoms with Gasteiger partial charge in [-0.05, 0) is 45.0 Å². The van der Waals surface area contributed by atoms with Crippen molar-refractivity contribution in [2.75, 3.05) is 11.9 Å². The van der Waals surface area contributed by atoms with E-state index in [1.807, 2.05) is 45.0 Å². The Bertz CT molecular complexity index is 1010. The van der Waals surface area contributed by atoms with Gasteiger partial charge in [-0.3, -0.25) is 14.9 Å². The van der Waals surface area contributed by atoms with Gasteiger partial charge in [0.15, 0.2) is 6.61 Å². The van der Waals surface area contributed by atoms with Gasteiger partial charge in [-0.2, -0.15) is 5.10 Å². The van der Waals surface area contributed by atoms with Crippen molar-refractivity contribution in [3.05, 3.63) is 75.6 Å². The Kier molecular flexibility index (Phi) is 5.39. The number of anilines is 1. The minimum Gasteiger partial charge on any atom is -0.484 e. The molecule has 1 amide bonds. The van der Waals surface area contributed by atoms with Gasteiger partial charge in [0, 0.05) is 12.1 Å². The lowest BCUT2D eigenvalue weighted by molar-refractivity contribution is -0.384. The fourth-order valence-electron chi connectivity index (χ4n) is 2.75. The number of nitro groups is 1. The molecule has 0 aliphatic heterocycles. The summed E-state index contributed by atoms with van der Waals surface area (Å²) in [5.41, 5.74) is 4.17. The summed E-state index contributed by atoms with van der Waals surface area (Å²) in [6.45, 7) is 5.51. The number of nitrogens with one attached hydrogen (secondary N) is 1. The zero-order valence-corrected chi connectivity index (χ0v) is 15.8. The molecule has 1 aromatic heterocycles. The van der Waals surface area contributed by atoms with Crippen LogP contribution in [0.15, 0.2) is 48.5 Å². The Balaban J connectivity index is 1.67. The zero-order chi connectivity index (χ0) is 20.3. The summed E-state index contributed by atoms with van der Waals surface area (Å²) < 4.78 is 7.18. The topological polar surface area (TPSA) is 99.3 Å². The second-order valence-electron chi connectivity index (χ2n) is 6.38. The molecule has 144 valence electrons. The van der Waals surface area contributed by atoms with Crippen LogP contribution >= 0.6 is 0 Å². The van der Waals surface area contributed by atoms with Gasteiger partial charge in [-0.25, -0.2) is 4.68 Å². The first-order chi connectivity index (χ1) is 13.3. The van der Waals surface area contributed by atoms with E-state index in [9.17, 15) is 14.9 Å². The van der Waals surface area contributed by atoms with E-state index in [-0.39, 0.29) is 18.2 Å². The van der Waals surface area contributed by atoms with Crippen LogP contribution in [0.5, 0.6) is 5.75 Å². The van der Waals surface area contributed by atoms with Crippen LogP contribution in [0.2, 0.25) is 0 Å². The average Bonchev–Trinajstić information content (AvgIpc) is 2.95. The monoisotopic (exact) mass is 380 g/mol. The molecule has 8 nitrogen and oxygen atoms in total. The Morgan fingerprint density at radius 1 is 1.11 bits per heavy atom. The maximum Gasteiger partial charge on any atom is 0.269 e. The predicted octanol–water partition coefficient (Wildman–Crippen LogP) is 3.72. The molecule has 0 saturated heterocycles. The number of aromatic nitrogens is 2. The Labute approximate surface area is 161 Å². The number of benzene rings is 2. The van der Waals surface area contributed by atoms with Crippen molar-refractivity contribution in [1.82, 2.24) is 9.78 Å². The third kappa shape index (κ3) is 4.17. The summed E-state index contributed by atoms with van der Waals surface area (Å²) in [6.07, 6.45) is 0. The summed E-state index contributed by atoms with van der Waals surface area (Å²) in [4.78, 5) is 22.4. The molecule has 1 N–H and O–H groups in total. The molecule has 0 saturated carbocycles. The van der Waals surface area contributed by atoms with Gasteiger partial charge in [0.1, 0.15) is 5.75 Å². The molecule has 0 fully saturated rings. The maximum atomic E-state index is 12.3. The molecule has 1 heterocycles. The van der Waals surface area contributed by atoms with Crippen LogP contribution in [0.4, 0.5) is 11.4 Å². The minimum absolute atomic E-state index is 0.0356. The van der Waals surface area contributed by atoms with Crippen molar-refractivity contribution in [2.45, 2.75) is 20.8 Å². The molecule has 3 aromatic rings. The first kappa shape index (κ1) is 19.1. The highest BCUT2D eigenvalue weighted by Gasteiger charge is 2.15. The van der Waals surface area contributed by atoms with Crippen molar-refractivity contribution < 1.29 is 14.5 Å². The number of amides is 1. The van der Waals surface area contributed by atoms with Crippen molar-refractivity contribution in [3.63, 3.8) is 0 Å². The van der Waals surface area contributed by atoms with Crippen LogP contribution in [0.3, 0.4) is 0 Å². The number of carbonyl (C=O) groups excluding carboxylic acids is 1. The number of nitrogens with zero attached hydrogens (tertiary/aromatic N) is 3. The third-order valence-electron chi connectivity index (χ3n) is 4.25. The first-order valence-corrected chi connectivity index (χ1v) is 8.65. The molecule has 0 aliphatic carbocycles. The van der Waals surface area contributed by atoms with E-state index < -0.39 is 4.92 Å². The third-order valence-corrected chi connectivity index (χ3v) is 4.25. The first-order valence-electron chi connectivity index (χ1n) is 8.65. The van der Waals surface area contributed by atoms with Crippen LogP contribution < -0.4 is 10.1 Å². The Morgan fingerprint density at radius 2 is 1.75 bits per heavy atom. The second kappa shape index (κ2) is 7.91. The Morgan fingerprint density at radius 3 is 2.36 bits per heavy atom. The van der Waals surface area contributed by atoms with Crippen LogP contribution in [-0.2, 0) is 4.79 Å². The summed E-state index contributed by atoms with van der Waals surface area (Å²) in [5, 5.41) is 18.0. The number of carbonyl (C=O) groups is 1. The number of hydrogen-bond acceptors (Lipinski definition) is 5. The highest BCUT2D eigenvalue weighted by atomic mass is 16.6. The number of nitro benzene ring substituents is 1. The van der Waals surface area contributed by atoms with E-state index in [1.54, 1.807) is 4.68 Å². The smallest absolute Gasteiger partial charge is 0.269 e. The lowest BCUT2D eigenvalue weighted by Crippen LogP contribution is -2.20. The van der Waals surface area contributed by atoms with E-state index in [1.165, 1.54) is 24.3 Å². The van der Waals surface area contributed by atoms with E-state index in [2.05, 4.69) is 10.4 Å². The molecule has 0 radical (unpaired) electrons. The molecule has 0 aliphatic rings. The zero-order valence-electron chi connectivity index (χ0n) is 15.8. The molecule has 0 spiro atoms. The summed E-state index contributed by atoms with van der Waals surface area (Å²) in [6, 6.07) is 13.5. The molecule has 3 rings (SSSR count). The number of hydrogen-bond donors (Lipinski definition) is 1. The van der Waals surface area contributed by atoms with Crippen molar-refractivity contribution in [3.8, 4) is 11.4 Å². The number of rotatable bonds is 6. The number of ether oxygens (including phenoxy) is 1. The maximum absolute atomic E-state index is 12.3. The van der Waals surface area contributed by atoms with E-state index >= 15 is 0 Å². The van der Waals surface area contributed by atoms with Gasteiger partial charge in [0.25, 0.3) is 11.6 Å². The predicted molar refractivity (Wildman–Crippen MR) is 105 cm³/mol. The van der Waals surface area contributed by atoms with E-state index in [0.29, 0.717) is 17.1 Å². The van der Waals surface area contributed by atoms with Crippen LogP contribution in [0, 0.1) is 30.9 Å². The molecule has 0 unspecified atom stereocenters. The van der Waals surface area contributed by atoms with E-state index in [4.69, 9.17) is 4.74 Å². The van der Waals surface area contributed by atoms with Gasteiger partial charge in [-0.15, -0.1) is 0 Å². The largest absolute Gasteiger partial charge is 0.484 e. The SMILES string of the molecule is Cc1ccc(-n2nc(C)c(NC(=O)COc3ccc([N+](=O)[O-])cc3)c2C)cc1. The lowest BCUT2D eigenvalue weighted by atomic mass is 10.2. The van der Waals surface area contributed by atoms with Gasteiger partial charge in [0.05, 0.1) is 27.7 Å². The molecule has 0 atom stereocenters. The minimum atomic E-state index is -0.492. The molecular formula is C20H20N4O4. The molecule has 2 aromatic carbocycles. The quantitative estimate of drug-likeness (QED) is 0.519. The second-order valence-corrected chi connectivity index (χ2v) is 6.38. The lowest BCUT2D eigenvalue weighted by Gasteiger charge is -2.09.